The molecular weight excluding hydrogens is 265 g/mol. The first-order valence-corrected chi connectivity index (χ1v) is 7.03. The first kappa shape index (κ1) is 15.2. The molecular formula is C18H20FNO. The van der Waals surface area contributed by atoms with Crippen LogP contribution < -0.4 is 5.32 Å². The van der Waals surface area contributed by atoms with Crippen LogP contribution in [0.3, 0.4) is 0 Å². The number of halogens is 1. The molecule has 0 heterocycles. The van der Waals surface area contributed by atoms with Crippen LogP contribution in [0.15, 0.2) is 36.4 Å². The molecule has 0 saturated heterocycles. The van der Waals surface area contributed by atoms with E-state index >= 15 is 0 Å². The number of hydrogen-bond acceptors (Lipinski definition) is 1. The van der Waals surface area contributed by atoms with Crippen molar-refractivity contribution in [3.8, 4) is 0 Å². The van der Waals surface area contributed by atoms with Crippen LogP contribution in [0.4, 0.5) is 4.39 Å². The Morgan fingerprint density at radius 3 is 2.29 bits per heavy atom. The smallest absolute Gasteiger partial charge is 0.224 e. The van der Waals surface area contributed by atoms with E-state index in [0.29, 0.717) is 18.5 Å². The molecule has 2 aromatic rings. The third-order valence-corrected chi connectivity index (χ3v) is 3.65. The molecule has 0 aromatic heterocycles. The Kier molecular flexibility index (Phi) is 4.73. The van der Waals surface area contributed by atoms with Gasteiger partial charge in [-0.15, -0.1) is 0 Å². The highest BCUT2D eigenvalue weighted by atomic mass is 19.1. The molecule has 0 aliphatic heterocycles. The maximum atomic E-state index is 13.2. The number of benzene rings is 2. The Labute approximate surface area is 125 Å². The maximum Gasteiger partial charge on any atom is 0.224 e. The van der Waals surface area contributed by atoms with Crippen molar-refractivity contribution in [3.05, 3.63) is 70.0 Å². The number of nitrogens with one attached hydrogen (secondary N) is 1. The second-order valence-corrected chi connectivity index (χ2v) is 5.46. The van der Waals surface area contributed by atoms with Gasteiger partial charge in [0.15, 0.2) is 0 Å². The summed E-state index contributed by atoms with van der Waals surface area (Å²) < 4.78 is 13.2. The van der Waals surface area contributed by atoms with E-state index in [9.17, 15) is 9.18 Å². The van der Waals surface area contributed by atoms with Crippen molar-refractivity contribution in [1.29, 1.82) is 0 Å². The van der Waals surface area contributed by atoms with Gasteiger partial charge in [-0.25, -0.2) is 4.39 Å². The van der Waals surface area contributed by atoms with Gasteiger partial charge < -0.3 is 5.32 Å². The summed E-state index contributed by atoms with van der Waals surface area (Å²) in [6, 6.07) is 10.9. The zero-order chi connectivity index (χ0) is 15.4. The van der Waals surface area contributed by atoms with Gasteiger partial charge in [0.05, 0.1) is 6.42 Å². The highest BCUT2D eigenvalue weighted by Gasteiger charge is 2.05. The molecule has 0 bridgehead atoms. The standard InChI is InChI=1S/C18H20FNO/c1-12-4-5-15(8-13(12)2)10-18(21)20-11-16-6-7-17(19)14(3)9-16/h4-9H,10-11H2,1-3H3,(H,20,21). The lowest BCUT2D eigenvalue weighted by molar-refractivity contribution is -0.120. The Bertz CT molecular complexity index is 664. The third-order valence-electron chi connectivity index (χ3n) is 3.65. The Hall–Kier alpha value is -2.16. The number of hydrogen-bond donors (Lipinski definition) is 1. The van der Waals surface area contributed by atoms with Crippen LogP contribution in [0.25, 0.3) is 0 Å². The molecule has 0 aliphatic rings. The fourth-order valence-electron chi connectivity index (χ4n) is 2.18. The van der Waals surface area contributed by atoms with E-state index in [0.717, 1.165) is 11.1 Å². The Morgan fingerprint density at radius 2 is 1.62 bits per heavy atom. The molecule has 0 spiro atoms. The summed E-state index contributed by atoms with van der Waals surface area (Å²) >= 11 is 0. The second kappa shape index (κ2) is 6.53. The van der Waals surface area contributed by atoms with E-state index in [1.54, 1.807) is 19.1 Å². The quantitative estimate of drug-likeness (QED) is 0.913. The SMILES string of the molecule is Cc1ccc(CC(=O)NCc2ccc(F)c(C)c2)cc1C. The zero-order valence-corrected chi connectivity index (χ0v) is 12.7. The van der Waals surface area contributed by atoms with Gasteiger partial charge in [0, 0.05) is 6.54 Å². The Balaban J connectivity index is 1.92. The average molecular weight is 285 g/mol. The summed E-state index contributed by atoms with van der Waals surface area (Å²) in [7, 11) is 0. The molecule has 0 saturated carbocycles. The third kappa shape index (κ3) is 4.15. The molecule has 2 aromatic carbocycles. The van der Waals surface area contributed by atoms with Crippen molar-refractivity contribution in [2.75, 3.05) is 0 Å². The van der Waals surface area contributed by atoms with E-state index in [2.05, 4.69) is 12.2 Å². The molecule has 0 aliphatic carbocycles. The van der Waals surface area contributed by atoms with Crippen LogP contribution in [0.1, 0.15) is 27.8 Å². The maximum absolute atomic E-state index is 13.2. The minimum Gasteiger partial charge on any atom is -0.352 e. The second-order valence-electron chi connectivity index (χ2n) is 5.46. The molecule has 1 amide bonds. The van der Waals surface area contributed by atoms with Crippen molar-refractivity contribution in [3.63, 3.8) is 0 Å². The van der Waals surface area contributed by atoms with Crippen LogP contribution >= 0.6 is 0 Å². The summed E-state index contributed by atoms with van der Waals surface area (Å²) in [5, 5.41) is 2.87. The lowest BCUT2D eigenvalue weighted by atomic mass is 10.0. The number of carbonyl (C=O) groups is 1. The lowest BCUT2D eigenvalue weighted by Crippen LogP contribution is -2.24. The van der Waals surface area contributed by atoms with Crippen LogP contribution in [-0.2, 0) is 17.8 Å². The van der Waals surface area contributed by atoms with Crippen molar-refractivity contribution >= 4 is 5.91 Å². The van der Waals surface area contributed by atoms with Crippen LogP contribution in [-0.4, -0.2) is 5.91 Å². The first-order chi connectivity index (χ1) is 9.95. The summed E-state index contributed by atoms with van der Waals surface area (Å²) in [6.07, 6.45) is 0.362. The fourth-order valence-corrected chi connectivity index (χ4v) is 2.18. The zero-order valence-electron chi connectivity index (χ0n) is 12.7. The van der Waals surface area contributed by atoms with E-state index in [4.69, 9.17) is 0 Å². The highest BCUT2D eigenvalue weighted by molar-refractivity contribution is 5.78. The number of rotatable bonds is 4. The lowest BCUT2D eigenvalue weighted by Gasteiger charge is -2.08. The molecule has 0 fully saturated rings. The highest BCUT2D eigenvalue weighted by Crippen LogP contribution is 2.11. The minimum absolute atomic E-state index is 0.0276. The van der Waals surface area contributed by atoms with Crippen molar-refractivity contribution in [2.45, 2.75) is 33.7 Å². The summed E-state index contributed by atoms with van der Waals surface area (Å²) in [5.74, 6) is -0.250. The van der Waals surface area contributed by atoms with Crippen LogP contribution in [0, 0.1) is 26.6 Å². The fraction of sp³-hybridized carbons (Fsp3) is 0.278. The van der Waals surface area contributed by atoms with Gasteiger partial charge in [-0.1, -0.05) is 30.3 Å². The average Bonchev–Trinajstić information content (AvgIpc) is 2.44. The van der Waals surface area contributed by atoms with Crippen molar-refractivity contribution in [2.24, 2.45) is 0 Å². The molecule has 0 radical (unpaired) electrons. The van der Waals surface area contributed by atoms with Gasteiger partial charge in [0.1, 0.15) is 5.82 Å². The molecule has 0 unspecified atom stereocenters. The topological polar surface area (TPSA) is 29.1 Å². The van der Waals surface area contributed by atoms with Crippen LogP contribution in [0.2, 0.25) is 0 Å². The largest absolute Gasteiger partial charge is 0.352 e. The molecule has 110 valence electrons. The predicted octanol–water partition coefficient (Wildman–Crippen LogP) is 3.61. The van der Waals surface area contributed by atoms with Crippen molar-refractivity contribution in [1.82, 2.24) is 5.32 Å². The van der Waals surface area contributed by atoms with Gasteiger partial charge in [0.25, 0.3) is 0 Å². The predicted molar refractivity (Wildman–Crippen MR) is 82.6 cm³/mol. The molecule has 3 heteroatoms. The summed E-state index contributed by atoms with van der Waals surface area (Å²) in [4.78, 5) is 11.9. The number of aryl methyl sites for hydroxylation is 3. The van der Waals surface area contributed by atoms with Gasteiger partial charge in [-0.05, 0) is 54.7 Å². The molecule has 2 nitrogen and oxygen atoms in total. The van der Waals surface area contributed by atoms with Gasteiger partial charge in [-0.3, -0.25) is 4.79 Å². The van der Waals surface area contributed by atoms with E-state index in [1.165, 1.54) is 17.2 Å². The molecule has 21 heavy (non-hydrogen) atoms. The van der Waals surface area contributed by atoms with Gasteiger partial charge in [-0.2, -0.15) is 0 Å². The molecule has 0 atom stereocenters. The first-order valence-electron chi connectivity index (χ1n) is 7.03. The van der Waals surface area contributed by atoms with Gasteiger partial charge >= 0.3 is 0 Å². The number of carbonyl (C=O) groups excluding carboxylic acids is 1. The molecule has 2 rings (SSSR count). The van der Waals surface area contributed by atoms with E-state index < -0.39 is 0 Å². The Morgan fingerprint density at radius 1 is 0.952 bits per heavy atom. The minimum atomic E-state index is -0.222. The van der Waals surface area contributed by atoms with Gasteiger partial charge in [0.2, 0.25) is 5.91 Å². The summed E-state index contributed by atoms with van der Waals surface area (Å²) in [6.45, 7) is 6.23. The number of amides is 1. The van der Waals surface area contributed by atoms with Crippen LogP contribution in [0.5, 0.6) is 0 Å². The molecule has 1 N–H and O–H groups in total. The van der Waals surface area contributed by atoms with E-state index in [-0.39, 0.29) is 11.7 Å². The normalized spacial score (nSPS) is 10.5. The van der Waals surface area contributed by atoms with E-state index in [1.807, 2.05) is 25.1 Å². The monoisotopic (exact) mass is 285 g/mol. The van der Waals surface area contributed by atoms with Crippen molar-refractivity contribution < 1.29 is 9.18 Å². The summed E-state index contributed by atoms with van der Waals surface area (Å²) in [5.41, 5.74) is 4.92.